The van der Waals surface area contributed by atoms with Crippen molar-refractivity contribution in [2.75, 3.05) is 13.7 Å². The molecule has 0 aliphatic rings. The zero-order valence-corrected chi connectivity index (χ0v) is 19.6. The number of aromatic carboxylic acids is 1. The first-order valence-corrected chi connectivity index (χ1v) is 11.6. The predicted octanol–water partition coefficient (Wildman–Crippen LogP) is 6.54. The minimum absolute atomic E-state index is 0.147. The largest absolute Gasteiger partial charge is 0.478 e. The summed E-state index contributed by atoms with van der Waals surface area (Å²) in [6.07, 6.45) is 3.58. The van der Waals surface area contributed by atoms with Crippen LogP contribution in [0.5, 0.6) is 0 Å². The standard InChI is InChI=1S/C28H26FN3O3/c1-17(4-3-13-35-2)27-26(18-5-7-19(8-6-18)28(33)34)23-15-24-20(16-30-31-24)14-25(23)32(27)22-11-9-21(29)10-12-22/h5-12,14-17H,3-4,13H2,1-2H3,(H,30,31)(H,33,34). The number of ether oxygens (including phenoxy) is 1. The van der Waals surface area contributed by atoms with Crippen LogP contribution in [0.1, 0.15) is 41.7 Å². The molecule has 0 saturated carbocycles. The third-order valence-electron chi connectivity index (χ3n) is 6.52. The van der Waals surface area contributed by atoms with E-state index in [1.807, 2.05) is 12.1 Å². The second-order valence-corrected chi connectivity index (χ2v) is 8.82. The Morgan fingerprint density at radius 2 is 1.89 bits per heavy atom. The summed E-state index contributed by atoms with van der Waals surface area (Å²) >= 11 is 0. The number of hydrogen-bond acceptors (Lipinski definition) is 3. The van der Waals surface area contributed by atoms with Crippen molar-refractivity contribution in [1.29, 1.82) is 0 Å². The summed E-state index contributed by atoms with van der Waals surface area (Å²) in [5.41, 5.74) is 6.04. The van der Waals surface area contributed by atoms with Crippen molar-refractivity contribution in [2.24, 2.45) is 0 Å². The summed E-state index contributed by atoms with van der Waals surface area (Å²) < 4.78 is 21.3. The molecule has 0 fully saturated rings. The average Bonchev–Trinajstić information content (AvgIpc) is 3.45. The van der Waals surface area contributed by atoms with Gasteiger partial charge in [-0.05, 0) is 72.9 Å². The summed E-state index contributed by atoms with van der Waals surface area (Å²) in [6, 6.07) is 17.7. The van der Waals surface area contributed by atoms with Crippen LogP contribution in [0.4, 0.5) is 4.39 Å². The van der Waals surface area contributed by atoms with Crippen LogP contribution in [-0.2, 0) is 4.74 Å². The third-order valence-corrected chi connectivity index (χ3v) is 6.52. The lowest BCUT2D eigenvalue weighted by Crippen LogP contribution is -2.07. The highest BCUT2D eigenvalue weighted by molar-refractivity contribution is 6.06. The number of benzene rings is 3. The number of nitrogens with one attached hydrogen (secondary N) is 1. The number of halogens is 1. The van der Waals surface area contributed by atoms with Crippen molar-refractivity contribution in [3.63, 3.8) is 0 Å². The first kappa shape index (κ1) is 22.8. The van der Waals surface area contributed by atoms with Gasteiger partial charge in [0.2, 0.25) is 0 Å². The zero-order valence-electron chi connectivity index (χ0n) is 19.6. The Balaban J connectivity index is 1.83. The Bertz CT molecular complexity index is 1500. The number of H-pyrrole nitrogens is 1. The van der Waals surface area contributed by atoms with Gasteiger partial charge >= 0.3 is 5.97 Å². The minimum atomic E-state index is -0.961. The molecule has 0 aliphatic carbocycles. The summed E-state index contributed by atoms with van der Waals surface area (Å²) in [4.78, 5) is 11.5. The number of hydrogen-bond donors (Lipinski definition) is 2. The Labute approximate surface area is 202 Å². The highest BCUT2D eigenvalue weighted by Crippen LogP contribution is 2.43. The van der Waals surface area contributed by atoms with Crippen molar-refractivity contribution < 1.29 is 19.0 Å². The molecule has 7 heteroatoms. The maximum absolute atomic E-state index is 13.8. The van der Waals surface area contributed by atoms with Gasteiger partial charge in [0.1, 0.15) is 5.82 Å². The topological polar surface area (TPSA) is 80.1 Å². The van der Waals surface area contributed by atoms with Crippen molar-refractivity contribution in [3.05, 3.63) is 83.9 Å². The van der Waals surface area contributed by atoms with Crippen molar-refractivity contribution in [2.45, 2.75) is 25.7 Å². The molecule has 2 aromatic heterocycles. The molecule has 6 nitrogen and oxygen atoms in total. The van der Waals surface area contributed by atoms with Gasteiger partial charge in [-0.1, -0.05) is 19.1 Å². The number of methoxy groups -OCH3 is 1. The number of aromatic nitrogens is 3. The molecule has 0 bridgehead atoms. The van der Waals surface area contributed by atoms with E-state index in [4.69, 9.17) is 4.74 Å². The van der Waals surface area contributed by atoms with Gasteiger partial charge in [0.25, 0.3) is 0 Å². The monoisotopic (exact) mass is 471 g/mol. The van der Waals surface area contributed by atoms with Gasteiger partial charge in [-0.15, -0.1) is 0 Å². The van der Waals surface area contributed by atoms with E-state index in [0.717, 1.165) is 57.2 Å². The molecule has 2 N–H and O–H groups in total. The van der Waals surface area contributed by atoms with E-state index in [-0.39, 0.29) is 17.3 Å². The molecule has 0 saturated heterocycles. The fourth-order valence-corrected chi connectivity index (χ4v) is 4.83. The minimum Gasteiger partial charge on any atom is -0.478 e. The predicted molar refractivity (Wildman–Crippen MR) is 135 cm³/mol. The van der Waals surface area contributed by atoms with Gasteiger partial charge in [-0.3, -0.25) is 5.10 Å². The molecule has 0 amide bonds. The lowest BCUT2D eigenvalue weighted by Gasteiger charge is -2.19. The zero-order chi connectivity index (χ0) is 24.5. The van der Waals surface area contributed by atoms with E-state index in [1.54, 1.807) is 37.6 Å². The Morgan fingerprint density at radius 3 is 2.57 bits per heavy atom. The summed E-state index contributed by atoms with van der Waals surface area (Å²) in [6.45, 7) is 2.85. The maximum atomic E-state index is 13.8. The smallest absolute Gasteiger partial charge is 0.335 e. The number of carboxylic acids is 1. The van der Waals surface area contributed by atoms with E-state index in [9.17, 15) is 14.3 Å². The third kappa shape index (κ3) is 4.19. The average molecular weight is 472 g/mol. The lowest BCUT2D eigenvalue weighted by atomic mass is 9.92. The van der Waals surface area contributed by atoms with Crippen LogP contribution in [0.15, 0.2) is 66.9 Å². The molecule has 0 radical (unpaired) electrons. The Kier molecular flexibility index (Phi) is 6.09. The van der Waals surface area contributed by atoms with E-state index in [2.05, 4.69) is 33.8 Å². The second kappa shape index (κ2) is 9.35. The number of rotatable bonds is 8. The van der Waals surface area contributed by atoms with E-state index in [1.165, 1.54) is 12.1 Å². The molecular weight excluding hydrogens is 445 g/mol. The second-order valence-electron chi connectivity index (χ2n) is 8.82. The Morgan fingerprint density at radius 1 is 1.14 bits per heavy atom. The van der Waals surface area contributed by atoms with Crippen LogP contribution >= 0.6 is 0 Å². The highest BCUT2D eigenvalue weighted by atomic mass is 19.1. The number of nitrogens with zero attached hydrogens (tertiary/aromatic N) is 2. The molecule has 3 aromatic carbocycles. The van der Waals surface area contributed by atoms with E-state index in [0.29, 0.717) is 6.61 Å². The first-order chi connectivity index (χ1) is 17.0. The lowest BCUT2D eigenvalue weighted by molar-refractivity contribution is 0.0697. The molecular formula is C28H26FN3O3. The van der Waals surface area contributed by atoms with Gasteiger partial charge in [-0.25, -0.2) is 9.18 Å². The summed E-state index contributed by atoms with van der Waals surface area (Å²) in [5, 5.41) is 18.6. The van der Waals surface area contributed by atoms with E-state index >= 15 is 0 Å². The van der Waals surface area contributed by atoms with Gasteiger partial charge < -0.3 is 14.4 Å². The van der Waals surface area contributed by atoms with Crippen molar-refractivity contribution in [3.8, 4) is 16.8 Å². The molecule has 178 valence electrons. The van der Waals surface area contributed by atoms with Crippen LogP contribution in [0.3, 0.4) is 0 Å². The number of carbonyl (C=O) groups is 1. The quantitative estimate of drug-likeness (QED) is 0.252. The van der Waals surface area contributed by atoms with Crippen LogP contribution < -0.4 is 0 Å². The number of fused-ring (bicyclic) bond motifs is 2. The SMILES string of the molecule is COCCCC(C)c1c(-c2ccc(C(=O)O)cc2)c2cc3[nH]ncc3cc2n1-c1ccc(F)cc1. The fraction of sp³-hybridized carbons (Fsp3) is 0.214. The van der Waals surface area contributed by atoms with Crippen LogP contribution in [-0.4, -0.2) is 39.6 Å². The molecule has 5 rings (SSSR count). The number of aromatic amines is 1. The van der Waals surface area contributed by atoms with Gasteiger partial charge in [0.15, 0.2) is 0 Å². The van der Waals surface area contributed by atoms with Gasteiger partial charge in [0, 0.05) is 41.4 Å². The molecule has 2 heterocycles. The number of carboxylic acid groups (broad SMARTS) is 1. The van der Waals surface area contributed by atoms with Crippen LogP contribution in [0.2, 0.25) is 0 Å². The van der Waals surface area contributed by atoms with E-state index < -0.39 is 5.97 Å². The van der Waals surface area contributed by atoms with Crippen molar-refractivity contribution >= 4 is 27.8 Å². The van der Waals surface area contributed by atoms with Crippen LogP contribution in [0.25, 0.3) is 38.6 Å². The normalized spacial score (nSPS) is 12.4. The maximum Gasteiger partial charge on any atom is 0.335 e. The fourth-order valence-electron chi connectivity index (χ4n) is 4.83. The van der Waals surface area contributed by atoms with Crippen molar-refractivity contribution in [1.82, 2.24) is 14.8 Å². The molecule has 1 unspecified atom stereocenters. The highest BCUT2D eigenvalue weighted by Gasteiger charge is 2.25. The van der Waals surface area contributed by atoms with Gasteiger partial charge in [0.05, 0.1) is 22.8 Å². The first-order valence-electron chi connectivity index (χ1n) is 11.6. The Hall–Kier alpha value is -3.97. The summed E-state index contributed by atoms with van der Waals surface area (Å²) in [5.74, 6) is -1.10. The van der Waals surface area contributed by atoms with Gasteiger partial charge in [-0.2, -0.15) is 5.10 Å². The van der Waals surface area contributed by atoms with Crippen LogP contribution in [0, 0.1) is 5.82 Å². The molecule has 0 spiro atoms. The molecule has 35 heavy (non-hydrogen) atoms. The summed E-state index contributed by atoms with van der Waals surface area (Å²) in [7, 11) is 1.70. The molecule has 1 atom stereocenters. The molecule has 0 aliphatic heterocycles. The molecule has 5 aromatic rings.